The lowest BCUT2D eigenvalue weighted by atomic mass is 10.0. The molecule has 1 unspecified atom stereocenters. The van der Waals surface area contributed by atoms with Crippen molar-refractivity contribution in [1.82, 2.24) is 5.32 Å². The summed E-state index contributed by atoms with van der Waals surface area (Å²) in [6, 6.07) is 6.41. The Kier molecular flexibility index (Phi) is 6.02. The van der Waals surface area contributed by atoms with Crippen molar-refractivity contribution < 1.29 is 9.59 Å². The van der Waals surface area contributed by atoms with Gasteiger partial charge in [0.1, 0.15) is 6.04 Å². The number of nitrogens with one attached hydrogen (secondary N) is 1. The van der Waals surface area contributed by atoms with Gasteiger partial charge in [0.2, 0.25) is 11.8 Å². The zero-order valence-corrected chi connectivity index (χ0v) is 12.7. The zero-order valence-electron chi connectivity index (χ0n) is 11.2. The summed E-state index contributed by atoms with van der Waals surface area (Å²) < 4.78 is 0.840. The van der Waals surface area contributed by atoms with Crippen LogP contribution in [0.2, 0.25) is 0 Å². The molecular weight excluding hydrogens is 308 g/mol. The number of carbonyl (C=O) groups excluding carboxylic acids is 2. The Labute approximate surface area is 121 Å². The number of hydrogen-bond donors (Lipinski definition) is 2. The number of rotatable bonds is 6. The zero-order chi connectivity index (χ0) is 14.4. The summed E-state index contributed by atoms with van der Waals surface area (Å²) >= 11 is 3.33. The van der Waals surface area contributed by atoms with Crippen molar-refractivity contribution in [1.29, 1.82) is 0 Å². The van der Waals surface area contributed by atoms with Crippen LogP contribution in [0, 0.1) is 5.92 Å². The second kappa shape index (κ2) is 7.28. The topological polar surface area (TPSA) is 72.2 Å². The molecule has 1 rings (SSSR count). The molecule has 5 heteroatoms. The smallest absolute Gasteiger partial charge is 0.244 e. The number of amides is 2. The monoisotopic (exact) mass is 326 g/mol. The molecule has 1 aromatic carbocycles. The molecule has 4 nitrogen and oxygen atoms in total. The lowest BCUT2D eigenvalue weighted by Crippen LogP contribution is -2.37. The standard InChI is InChI=1S/C14H19BrN2O2/c1-9(2)6-7-12(18)17-13(14(16)19)10-4-3-5-11(15)8-10/h3-5,8-9,13H,6-7H2,1-2H3,(H2,16,19)(H,17,18). The Morgan fingerprint density at radius 2 is 2.05 bits per heavy atom. The Bertz CT molecular complexity index is 461. The number of halogens is 1. The van der Waals surface area contributed by atoms with Gasteiger partial charge in [0.05, 0.1) is 0 Å². The minimum absolute atomic E-state index is 0.155. The van der Waals surface area contributed by atoms with Crippen molar-refractivity contribution in [3.63, 3.8) is 0 Å². The van der Waals surface area contributed by atoms with E-state index in [1.165, 1.54) is 0 Å². The van der Waals surface area contributed by atoms with Crippen LogP contribution in [0.5, 0.6) is 0 Å². The molecule has 1 atom stereocenters. The lowest BCUT2D eigenvalue weighted by molar-refractivity contribution is -0.127. The Morgan fingerprint density at radius 3 is 2.58 bits per heavy atom. The van der Waals surface area contributed by atoms with Crippen LogP contribution in [0.1, 0.15) is 38.3 Å². The number of primary amides is 1. The summed E-state index contributed by atoms with van der Waals surface area (Å²) in [5.74, 6) is -0.267. The highest BCUT2D eigenvalue weighted by Gasteiger charge is 2.20. The summed E-state index contributed by atoms with van der Waals surface area (Å²) in [6.45, 7) is 4.10. The van der Waals surface area contributed by atoms with Gasteiger partial charge in [-0.3, -0.25) is 9.59 Å². The maximum Gasteiger partial charge on any atom is 0.244 e. The van der Waals surface area contributed by atoms with Crippen molar-refractivity contribution in [2.24, 2.45) is 11.7 Å². The molecule has 0 aliphatic rings. The van der Waals surface area contributed by atoms with E-state index in [1.54, 1.807) is 18.2 Å². The first-order valence-electron chi connectivity index (χ1n) is 6.24. The van der Waals surface area contributed by atoms with E-state index in [0.29, 0.717) is 17.9 Å². The summed E-state index contributed by atoms with van der Waals surface area (Å²) in [5.41, 5.74) is 6.03. The van der Waals surface area contributed by atoms with E-state index in [2.05, 4.69) is 21.2 Å². The molecule has 19 heavy (non-hydrogen) atoms. The molecule has 0 aliphatic heterocycles. The molecule has 3 N–H and O–H groups in total. The molecule has 0 spiro atoms. The average Bonchev–Trinajstić information content (AvgIpc) is 2.33. The van der Waals surface area contributed by atoms with Crippen LogP contribution in [-0.4, -0.2) is 11.8 Å². The summed E-state index contributed by atoms with van der Waals surface area (Å²) in [6.07, 6.45) is 1.19. The van der Waals surface area contributed by atoms with Crippen molar-refractivity contribution in [2.75, 3.05) is 0 Å². The highest BCUT2D eigenvalue weighted by atomic mass is 79.9. The largest absolute Gasteiger partial charge is 0.368 e. The van der Waals surface area contributed by atoms with E-state index < -0.39 is 11.9 Å². The van der Waals surface area contributed by atoms with E-state index in [1.807, 2.05) is 19.9 Å². The second-order valence-corrected chi connectivity index (χ2v) is 5.81. The van der Waals surface area contributed by atoms with Crippen molar-refractivity contribution in [3.05, 3.63) is 34.3 Å². The SMILES string of the molecule is CC(C)CCC(=O)NC(C(N)=O)c1cccc(Br)c1. The van der Waals surface area contributed by atoms with Gasteiger partial charge in [-0.1, -0.05) is 41.9 Å². The summed E-state index contributed by atoms with van der Waals surface area (Å²) in [5, 5.41) is 2.68. The molecule has 0 bridgehead atoms. The van der Waals surface area contributed by atoms with Gasteiger partial charge in [-0.25, -0.2) is 0 Å². The van der Waals surface area contributed by atoms with Gasteiger partial charge in [-0.05, 0) is 30.0 Å². The molecular formula is C14H19BrN2O2. The first-order valence-corrected chi connectivity index (χ1v) is 7.03. The number of hydrogen-bond acceptors (Lipinski definition) is 2. The van der Waals surface area contributed by atoms with E-state index in [-0.39, 0.29) is 5.91 Å². The molecule has 1 aromatic rings. The average molecular weight is 327 g/mol. The fraction of sp³-hybridized carbons (Fsp3) is 0.429. The molecule has 0 heterocycles. The first kappa shape index (κ1) is 15.7. The second-order valence-electron chi connectivity index (χ2n) is 4.89. The van der Waals surface area contributed by atoms with E-state index in [0.717, 1.165) is 10.9 Å². The van der Waals surface area contributed by atoms with E-state index in [4.69, 9.17) is 5.73 Å². The third kappa shape index (κ3) is 5.42. The predicted molar refractivity (Wildman–Crippen MR) is 78.3 cm³/mol. The van der Waals surface area contributed by atoms with Crippen molar-refractivity contribution in [2.45, 2.75) is 32.7 Å². The highest BCUT2D eigenvalue weighted by molar-refractivity contribution is 9.10. The molecule has 0 saturated heterocycles. The Balaban J connectivity index is 2.74. The lowest BCUT2D eigenvalue weighted by Gasteiger charge is -2.16. The third-order valence-electron chi connectivity index (χ3n) is 2.72. The van der Waals surface area contributed by atoms with Gasteiger partial charge < -0.3 is 11.1 Å². The third-order valence-corrected chi connectivity index (χ3v) is 3.21. The number of benzene rings is 1. The van der Waals surface area contributed by atoms with Gasteiger partial charge >= 0.3 is 0 Å². The summed E-state index contributed by atoms with van der Waals surface area (Å²) in [4.78, 5) is 23.3. The van der Waals surface area contributed by atoms with Gasteiger partial charge in [-0.15, -0.1) is 0 Å². The Hall–Kier alpha value is -1.36. The van der Waals surface area contributed by atoms with Crippen molar-refractivity contribution in [3.8, 4) is 0 Å². The highest BCUT2D eigenvalue weighted by Crippen LogP contribution is 2.18. The van der Waals surface area contributed by atoms with E-state index in [9.17, 15) is 9.59 Å². The maximum absolute atomic E-state index is 11.8. The number of nitrogens with two attached hydrogens (primary N) is 1. The van der Waals surface area contributed by atoms with Crippen molar-refractivity contribution >= 4 is 27.7 Å². The fourth-order valence-electron chi connectivity index (χ4n) is 1.66. The fourth-order valence-corrected chi connectivity index (χ4v) is 2.07. The summed E-state index contributed by atoms with van der Waals surface area (Å²) in [7, 11) is 0. The molecule has 0 aromatic heterocycles. The minimum Gasteiger partial charge on any atom is -0.368 e. The number of carbonyl (C=O) groups is 2. The van der Waals surface area contributed by atoms with Crippen LogP contribution in [0.15, 0.2) is 28.7 Å². The molecule has 0 radical (unpaired) electrons. The van der Waals surface area contributed by atoms with Crippen LogP contribution < -0.4 is 11.1 Å². The van der Waals surface area contributed by atoms with Gasteiger partial charge in [0, 0.05) is 10.9 Å². The van der Waals surface area contributed by atoms with Crippen LogP contribution in [-0.2, 0) is 9.59 Å². The van der Waals surface area contributed by atoms with Gasteiger partial charge in [0.15, 0.2) is 0 Å². The normalized spacial score (nSPS) is 12.2. The van der Waals surface area contributed by atoms with E-state index >= 15 is 0 Å². The van der Waals surface area contributed by atoms with Gasteiger partial charge in [-0.2, -0.15) is 0 Å². The molecule has 0 aliphatic carbocycles. The molecule has 2 amide bonds. The van der Waals surface area contributed by atoms with Gasteiger partial charge in [0.25, 0.3) is 0 Å². The predicted octanol–water partition coefficient (Wildman–Crippen LogP) is 2.53. The Morgan fingerprint density at radius 1 is 1.37 bits per heavy atom. The van der Waals surface area contributed by atoms with Crippen LogP contribution in [0.4, 0.5) is 0 Å². The molecule has 0 saturated carbocycles. The first-order chi connectivity index (χ1) is 8.90. The minimum atomic E-state index is -0.780. The van der Waals surface area contributed by atoms with Crippen LogP contribution in [0.25, 0.3) is 0 Å². The molecule has 0 fully saturated rings. The molecule has 104 valence electrons. The maximum atomic E-state index is 11.8. The van der Waals surface area contributed by atoms with Crippen LogP contribution in [0.3, 0.4) is 0 Å². The quantitative estimate of drug-likeness (QED) is 0.843. The van der Waals surface area contributed by atoms with Crippen LogP contribution >= 0.6 is 15.9 Å².